The number of sulfonamides is 1. The van der Waals surface area contributed by atoms with Gasteiger partial charge in [0.1, 0.15) is 13.2 Å². The molecule has 0 aromatic heterocycles. The monoisotopic (exact) mass is 420 g/mol. The molecule has 0 spiro atoms. The van der Waals surface area contributed by atoms with Crippen molar-refractivity contribution in [1.82, 2.24) is 9.37 Å². The lowest BCUT2D eigenvalue weighted by Gasteiger charge is -2.25. The summed E-state index contributed by atoms with van der Waals surface area (Å²) in [7, 11) is -1.29. The van der Waals surface area contributed by atoms with Crippen LogP contribution in [0.2, 0.25) is 0 Å². The van der Waals surface area contributed by atoms with E-state index in [1.54, 1.807) is 17.0 Å². The Morgan fingerprint density at radius 1 is 1.14 bits per heavy atom. The molecule has 0 atom stereocenters. The molecular weight excluding hydrogens is 396 g/mol. The molecule has 29 heavy (non-hydrogen) atoms. The van der Waals surface area contributed by atoms with Crippen LogP contribution in [-0.2, 0) is 21.4 Å². The molecule has 1 heterocycles. The maximum Gasteiger partial charge on any atom is 0.264 e. The number of carbonyl (C=O) groups is 1. The van der Waals surface area contributed by atoms with Crippen molar-refractivity contribution in [2.75, 3.05) is 33.9 Å². The minimum atomic E-state index is -3.84. The standard InChI is InChI=1S/C20H24N2O6S/c1-4-22(14-16-8-6-10-18-19(16)28-12-11-27-18)20(23)15-7-5-9-17(13-15)29(24,25)21(2)26-3/h5-10,13H,4,11-12,14H2,1-3H3. The Morgan fingerprint density at radius 3 is 2.59 bits per heavy atom. The lowest BCUT2D eigenvalue weighted by atomic mass is 10.1. The number of hydroxylamine groups is 1. The zero-order valence-electron chi connectivity index (χ0n) is 16.6. The number of fused-ring (bicyclic) bond motifs is 1. The van der Waals surface area contributed by atoms with Crippen LogP contribution in [0.5, 0.6) is 11.5 Å². The summed E-state index contributed by atoms with van der Waals surface area (Å²) >= 11 is 0. The molecule has 2 aromatic carbocycles. The number of amides is 1. The fourth-order valence-electron chi connectivity index (χ4n) is 3.01. The van der Waals surface area contributed by atoms with Crippen molar-refractivity contribution < 1.29 is 27.5 Å². The third-order valence-corrected chi connectivity index (χ3v) is 6.33. The Hall–Kier alpha value is -2.62. The molecule has 0 unspecified atom stereocenters. The first kappa shape index (κ1) is 21.1. The number of para-hydroxylation sites is 1. The third-order valence-electron chi connectivity index (χ3n) is 4.65. The number of hydrogen-bond acceptors (Lipinski definition) is 6. The van der Waals surface area contributed by atoms with E-state index in [4.69, 9.17) is 14.3 Å². The molecule has 0 fully saturated rings. The summed E-state index contributed by atoms with van der Waals surface area (Å²) in [4.78, 5) is 19.5. The van der Waals surface area contributed by atoms with Crippen LogP contribution in [0.4, 0.5) is 0 Å². The molecule has 8 nitrogen and oxygen atoms in total. The van der Waals surface area contributed by atoms with Crippen LogP contribution < -0.4 is 9.47 Å². The molecule has 1 amide bonds. The topological polar surface area (TPSA) is 85.4 Å². The number of carbonyl (C=O) groups excluding carboxylic acids is 1. The third kappa shape index (κ3) is 4.36. The first-order valence-corrected chi connectivity index (χ1v) is 10.6. The van der Waals surface area contributed by atoms with Crippen molar-refractivity contribution in [2.24, 2.45) is 0 Å². The van der Waals surface area contributed by atoms with Gasteiger partial charge in [-0.15, -0.1) is 0 Å². The van der Waals surface area contributed by atoms with E-state index in [1.165, 1.54) is 26.3 Å². The largest absolute Gasteiger partial charge is 0.486 e. The van der Waals surface area contributed by atoms with Gasteiger partial charge in [0, 0.05) is 31.3 Å². The van der Waals surface area contributed by atoms with Crippen LogP contribution in [0.1, 0.15) is 22.8 Å². The van der Waals surface area contributed by atoms with Crippen molar-refractivity contribution in [2.45, 2.75) is 18.4 Å². The summed E-state index contributed by atoms with van der Waals surface area (Å²) in [6.45, 7) is 3.57. The van der Waals surface area contributed by atoms with E-state index in [-0.39, 0.29) is 16.4 Å². The highest BCUT2D eigenvalue weighted by atomic mass is 32.2. The molecule has 3 rings (SSSR count). The molecule has 0 saturated carbocycles. The summed E-state index contributed by atoms with van der Waals surface area (Å²) < 4.78 is 37.0. The molecule has 0 radical (unpaired) electrons. The zero-order chi connectivity index (χ0) is 21.0. The Labute approximate surface area is 170 Å². The predicted molar refractivity (Wildman–Crippen MR) is 106 cm³/mol. The van der Waals surface area contributed by atoms with Crippen molar-refractivity contribution >= 4 is 15.9 Å². The molecule has 0 aliphatic carbocycles. The van der Waals surface area contributed by atoms with Gasteiger partial charge in [0.2, 0.25) is 0 Å². The van der Waals surface area contributed by atoms with Crippen molar-refractivity contribution in [3.8, 4) is 11.5 Å². The van der Waals surface area contributed by atoms with Gasteiger partial charge in [-0.3, -0.25) is 9.63 Å². The van der Waals surface area contributed by atoms with Gasteiger partial charge >= 0.3 is 0 Å². The second-order valence-electron chi connectivity index (χ2n) is 6.39. The van der Waals surface area contributed by atoms with Crippen LogP contribution in [-0.4, -0.2) is 57.6 Å². The lowest BCUT2D eigenvalue weighted by Crippen LogP contribution is -2.31. The van der Waals surface area contributed by atoms with Crippen molar-refractivity contribution in [3.63, 3.8) is 0 Å². The fourth-order valence-corrected chi connectivity index (χ4v) is 4.03. The molecule has 2 aromatic rings. The van der Waals surface area contributed by atoms with E-state index in [0.717, 1.165) is 10.0 Å². The Kier molecular flexibility index (Phi) is 6.41. The van der Waals surface area contributed by atoms with E-state index < -0.39 is 10.0 Å². The first-order chi connectivity index (χ1) is 13.9. The Bertz CT molecular complexity index is 992. The van der Waals surface area contributed by atoms with E-state index in [2.05, 4.69) is 0 Å². The quantitative estimate of drug-likeness (QED) is 0.639. The van der Waals surface area contributed by atoms with Crippen molar-refractivity contribution in [1.29, 1.82) is 0 Å². The minimum absolute atomic E-state index is 0.0161. The molecule has 0 saturated heterocycles. The number of benzene rings is 2. The Morgan fingerprint density at radius 2 is 1.86 bits per heavy atom. The average molecular weight is 420 g/mol. The van der Waals surface area contributed by atoms with Crippen LogP contribution in [0, 0.1) is 0 Å². The molecule has 0 bridgehead atoms. The fraction of sp³-hybridized carbons (Fsp3) is 0.350. The summed E-state index contributed by atoms with van der Waals surface area (Å²) in [5.41, 5.74) is 1.11. The molecule has 1 aliphatic heterocycles. The summed E-state index contributed by atoms with van der Waals surface area (Å²) in [5.74, 6) is 1.02. The highest BCUT2D eigenvalue weighted by Crippen LogP contribution is 2.34. The highest BCUT2D eigenvalue weighted by Gasteiger charge is 2.24. The van der Waals surface area contributed by atoms with Crippen LogP contribution in [0.3, 0.4) is 0 Å². The lowest BCUT2D eigenvalue weighted by molar-refractivity contribution is -0.0258. The van der Waals surface area contributed by atoms with E-state index in [1.807, 2.05) is 25.1 Å². The minimum Gasteiger partial charge on any atom is -0.486 e. The molecular formula is C20H24N2O6S. The van der Waals surface area contributed by atoms with Gasteiger partial charge in [-0.1, -0.05) is 22.7 Å². The summed E-state index contributed by atoms with van der Waals surface area (Å²) in [6, 6.07) is 11.5. The van der Waals surface area contributed by atoms with Gasteiger partial charge in [0.15, 0.2) is 11.5 Å². The number of nitrogens with zero attached hydrogens (tertiary/aromatic N) is 2. The molecule has 0 N–H and O–H groups in total. The summed E-state index contributed by atoms with van der Waals surface area (Å²) in [5, 5.41) is 0. The van der Waals surface area contributed by atoms with Gasteiger partial charge in [-0.2, -0.15) is 0 Å². The van der Waals surface area contributed by atoms with E-state index in [0.29, 0.717) is 37.8 Å². The van der Waals surface area contributed by atoms with E-state index in [9.17, 15) is 13.2 Å². The maximum atomic E-state index is 13.1. The number of ether oxygens (including phenoxy) is 2. The smallest absolute Gasteiger partial charge is 0.264 e. The second-order valence-corrected chi connectivity index (χ2v) is 8.32. The van der Waals surface area contributed by atoms with Crippen LogP contribution >= 0.6 is 0 Å². The average Bonchev–Trinajstić information content (AvgIpc) is 2.76. The highest BCUT2D eigenvalue weighted by molar-refractivity contribution is 7.89. The van der Waals surface area contributed by atoms with Crippen LogP contribution in [0.15, 0.2) is 47.4 Å². The van der Waals surface area contributed by atoms with Gasteiger partial charge in [0.05, 0.1) is 12.0 Å². The van der Waals surface area contributed by atoms with E-state index >= 15 is 0 Å². The normalized spacial score (nSPS) is 13.4. The van der Waals surface area contributed by atoms with Gasteiger partial charge in [-0.05, 0) is 31.2 Å². The predicted octanol–water partition coefficient (Wildman–Crippen LogP) is 2.30. The van der Waals surface area contributed by atoms with Crippen molar-refractivity contribution in [3.05, 3.63) is 53.6 Å². The number of rotatable bonds is 7. The second kappa shape index (κ2) is 8.81. The Balaban J connectivity index is 1.87. The zero-order valence-corrected chi connectivity index (χ0v) is 17.4. The summed E-state index contributed by atoms with van der Waals surface area (Å²) in [6.07, 6.45) is 0. The van der Waals surface area contributed by atoms with Crippen LogP contribution in [0.25, 0.3) is 0 Å². The SMILES string of the molecule is CCN(Cc1cccc2c1OCCO2)C(=O)c1cccc(S(=O)(=O)N(C)OC)c1. The van der Waals surface area contributed by atoms with Gasteiger partial charge in [0.25, 0.3) is 15.9 Å². The maximum absolute atomic E-state index is 13.1. The molecule has 9 heteroatoms. The molecule has 156 valence electrons. The van der Waals surface area contributed by atoms with Gasteiger partial charge < -0.3 is 14.4 Å². The van der Waals surface area contributed by atoms with Gasteiger partial charge in [-0.25, -0.2) is 8.42 Å². The molecule has 1 aliphatic rings. The number of hydrogen-bond donors (Lipinski definition) is 0. The first-order valence-electron chi connectivity index (χ1n) is 9.18.